The largest absolute Gasteiger partial charge is 0.369 e. The highest BCUT2D eigenvalue weighted by Crippen LogP contribution is 2.27. The molecule has 0 unspecified atom stereocenters. The molecule has 1 aliphatic carbocycles. The molecule has 1 aromatic rings. The van der Waals surface area contributed by atoms with Crippen molar-refractivity contribution in [1.29, 1.82) is 0 Å². The third-order valence-electron chi connectivity index (χ3n) is 4.28. The number of hydrogen-bond donors (Lipinski definition) is 1. The Labute approximate surface area is 116 Å². The van der Waals surface area contributed by atoms with E-state index in [4.69, 9.17) is 0 Å². The molecule has 1 N–H and O–H groups in total. The van der Waals surface area contributed by atoms with E-state index in [0.29, 0.717) is 6.04 Å². The van der Waals surface area contributed by atoms with E-state index in [1.807, 2.05) is 7.05 Å². The molecule has 19 heavy (non-hydrogen) atoms. The van der Waals surface area contributed by atoms with Crippen molar-refractivity contribution in [2.24, 2.45) is 0 Å². The Kier molecular flexibility index (Phi) is 4.14. The summed E-state index contributed by atoms with van der Waals surface area (Å²) >= 11 is 0. The smallest absolute Gasteiger partial charge is 0.125 e. The van der Waals surface area contributed by atoms with Crippen LogP contribution in [-0.4, -0.2) is 18.6 Å². The van der Waals surface area contributed by atoms with Crippen LogP contribution in [-0.2, 0) is 6.54 Å². The highest BCUT2D eigenvalue weighted by Gasteiger charge is 2.23. The van der Waals surface area contributed by atoms with E-state index < -0.39 is 0 Å². The summed E-state index contributed by atoms with van der Waals surface area (Å²) < 4.78 is 13.8. The number of rotatable bonds is 6. The van der Waals surface area contributed by atoms with Crippen LogP contribution in [0.5, 0.6) is 0 Å². The zero-order chi connectivity index (χ0) is 14.0. The van der Waals surface area contributed by atoms with Crippen LogP contribution in [0.15, 0.2) is 18.2 Å². The second kappa shape index (κ2) is 5.49. The van der Waals surface area contributed by atoms with Crippen molar-refractivity contribution in [3.63, 3.8) is 0 Å². The SMILES string of the molecule is CCC(C)(C)N(C)c1cc(F)cc(CNC2CC2)c1. The average molecular weight is 264 g/mol. The van der Waals surface area contributed by atoms with Crippen LogP contribution in [0, 0.1) is 5.82 Å². The molecule has 0 amide bonds. The summed E-state index contributed by atoms with van der Waals surface area (Å²) in [5.41, 5.74) is 2.02. The second-order valence-electron chi connectivity index (χ2n) is 6.20. The maximum atomic E-state index is 13.8. The first-order chi connectivity index (χ1) is 8.92. The Hall–Kier alpha value is -1.09. The third-order valence-corrected chi connectivity index (χ3v) is 4.28. The quantitative estimate of drug-likeness (QED) is 0.842. The Balaban J connectivity index is 2.14. The van der Waals surface area contributed by atoms with Gasteiger partial charge in [0.1, 0.15) is 5.82 Å². The summed E-state index contributed by atoms with van der Waals surface area (Å²) in [7, 11) is 2.04. The van der Waals surface area contributed by atoms with Crippen molar-refractivity contribution >= 4 is 5.69 Å². The predicted octanol–water partition coefficient (Wildman–Crippen LogP) is 3.70. The van der Waals surface area contributed by atoms with Crippen molar-refractivity contribution in [1.82, 2.24) is 5.32 Å². The molecule has 0 aliphatic heterocycles. The predicted molar refractivity (Wildman–Crippen MR) is 79.0 cm³/mol. The number of hydrogen-bond acceptors (Lipinski definition) is 2. The molecule has 0 spiro atoms. The molecule has 0 aromatic heterocycles. The molecule has 1 fully saturated rings. The molecule has 0 radical (unpaired) electrons. The van der Waals surface area contributed by atoms with Crippen molar-refractivity contribution in [3.05, 3.63) is 29.6 Å². The van der Waals surface area contributed by atoms with Crippen molar-refractivity contribution < 1.29 is 4.39 Å². The summed E-state index contributed by atoms with van der Waals surface area (Å²) in [6.07, 6.45) is 3.53. The summed E-state index contributed by atoms with van der Waals surface area (Å²) in [5, 5.41) is 3.43. The van der Waals surface area contributed by atoms with Gasteiger partial charge in [-0.2, -0.15) is 0 Å². The normalized spacial score (nSPS) is 15.6. The Morgan fingerprint density at radius 3 is 2.58 bits per heavy atom. The van der Waals surface area contributed by atoms with Crippen LogP contribution in [0.1, 0.15) is 45.6 Å². The zero-order valence-corrected chi connectivity index (χ0v) is 12.5. The standard InChI is InChI=1S/C16H25FN2/c1-5-16(2,3)19(4)15-9-12(8-13(17)10-15)11-18-14-6-7-14/h8-10,14,18H,5-7,11H2,1-4H3. The van der Waals surface area contributed by atoms with E-state index in [2.05, 4.69) is 37.1 Å². The highest BCUT2D eigenvalue weighted by atomic mass is 19.1. The lowest BCUT2D eigenvalue weighted by Gasteiger charge is -2.37. The molecule has 0 atom stereocenters. The van der Waals surface area contributed by atoms with Crippen LogP contribution in [0.4, 0.5) is 10.1 Å². The van der Waals surface area contributed by atoms with E-state index in [9.17, 15) is 4.39 Å². The van der Waals surface area contributed by atoms with Gasteiger partial charge in [0.15, 0.2) is 0 Å². The van der Waals surface area contributed by atoms with Crippen LogP contribution >= 0.6 is 0 Å². The lowest BCUT2D eigenvalue weighted by Crippen LogP contribution is -2.40. The molecule has 3 heteroatoms. The molecule has 0 bridgehead atoms. The Morgan fingerprint density at radius 2 is 2.00 bits per heavy atom. The monoisotopic (exact) mass is 264 g/mol. The van der Waals surface area contributed by atoms with Crippen LogP contribution in [0.25, 0.3) is 0 Å². The van der Waals surface area contributed by atoms with Crippen LogP contribution in [0.2, 0.25) is 0 Å². The fourth-order valence-electron chi connectivity index (χ4n) is 2.07. The minimum Gasteiger partial charge on any atom is -0.369 e. The summed E-state index contributed by atoms with van der Waals surface area (Å²) in [4.78, 5) is 2.16. The molecule has 0 saturated heterocycles. The van der Waals surface area contributed by atoms with Crippen molar-refractivity contribution in [2.75, 3.05) is 11.9 Å². The van der Waals surface area contributed by atoms with Crippen molar-refractivity contribution in [2.45, 2.75) is 58.2 Å². The molecular formula is C16H25FN2. The van der Waals surface area contributed by atoms with E-state index in [-0.39, 0.29) is 11.4 Å². The van der Waals surface area contributed by atoms with Gasteiger partial charge in [-0.1, -0.05) is 6.92 Å². The minimum absolute atomic E-state index is 0.0367. The minimum atomic E-state index is -0.149. The first kappa shape index (κ1) is 14.3. The Bertz CT molecular complexity index is 438. The second-order valence-corrected chi connectivity index (χ2v) is 6.20. The van der Waals surface area contributed by atoms with E-state index >= 15 is 0 Å². The molecule has 0 heterocycles. The number of anilines is 1. The van der Waals surface area contributed by atoms with Gasteiger partial charge in [0.2, 0.25) is 0 Å². The van der Waals surface area contributed by atoms with Gasteiger partial charge in [0.25, 0.3) is 0 Å². The number of benzene rings is 1. The molecule has 2 rings (SSSR count). The topological polar surface area (TPSA) is 15.3 Å². The lowest BCUT2D eigenvalue weighted by molar-refractivity contribution is 0.469. The van der Waals surface area contributed by atoms with E-state index in [0.717, 1.165) is 24.2 Å². The lowest BCUT2D eigenvalue weighted by atomic mass is 9.98. The van der Waals surface area contributed by atoms with Crippen LogP contribution < -0.4 is 10.2 Å². The number of nitrogens with zero attached hydrogens (tertiary/aromatic N) is 1. The van der Waals surface area contributed by atoms with Gasteiger partial charge in [-0.15, -0.1) is 0 Å². The molecule has 1 aromatic carbocycles. The summed E-state index contributed by atoms with van der Waals surface area (Å²) in [5.74, 6) is -0.149. The van der Waals surface area contributed by atoms with Gasteiger partial charge in [-0.25, -0.2) is 4.39 Å². The van der Waals surface area contributed by atoms with Crippen LogP contribution in [0.3, 0.4) is 0 Å². The first-order valence-electron chi connectivity index (χ1n) is 7.19. The van der Waals surface area contributed by atoms with Gasteiger partial charge < -0.3 is 10.2 Å². The van der Waals surface area contributed by atoms with Gasteiger partial charge in [0, 0.05) is 30.9 Å². The van der Waals surface area contributed by atoms with E-state index in [1.165, 1.54) is 12.8 Å². The zero-order valence-electron chi connectivity index (χ0n) is 12.5. The molecule has 1 aliphatic rings. The van der Waals surface area contributed by atoms with E-state index in [1.54, 1.807) is 12.1 Å². The average Bonchev–Trinajstić information content (AvgIpc) is 3.18. The fraction of sp³-hybridized carbons (Fsp3) is 0.625. The maximum Gasteiger partial charge on any atom is 0.125 e. The number of halogens is 1. The van der Waals surface area contributed by atoms with Gasteiger partial charge in [-0.3, -0.25) is 0 Å². The molecule has 2 nitrogen and oxygen atoms in total. The molecule has 1 saturated carbocycles. The van der Waals surface area contributed by atoms with Gasteiger partial charge in [0.05, 0.1) is 0 Å². The van der Waals surface area contributed by atoms with Crippen molar-refractivity contribution in [3.8, 4) is 0 Å². The first-order valence-corrected chi connectivity index (χ1v) is 7.19. The summed E-state index contributed by atoms with van der Waals surface area (Å²) in [6, 6.07) is 6.00. The fourth-order valence-corrected chi connectivity index (χ4v) is 2.07. The van der Waals surface area contributed by atoms with Gasteiger partial charge in [-0.05, 0) is 56.9 Å². The molecular weight excluding hydrogens is 239 g/mol. The maximum absolute atomic E-state index is 13.8. The third kappa shape index (κ3) is 3.69. The van der Waals surface area contributed by atoms with Gasteiger partial charge >= 0.3 is 0 Å². The summed E-state index contributed by atoms with van der Waals surface area (Å²) in [6.45, 7) is 7.28. The molecule has 106 valence electrons. The number of nitrogens with one attached hydrogen (secondary N) is 1. The Morgan fingerprint density at radius 1 is 1.32 bits per heavy atom. The highest BCUT2D eigenvalue weighted by molar-refractivity contribution is 5.50.